The second kappa shape index (κ2) is 6.91. The Bertz CT molecular complexity index is 581. The van der Waals surface area contributed by atoms with Crippen LogP contribution in [0.4, 0.5) is 0 Å². The lowest BCUT2D eigenvalue weighted by molar-refractivity contribution is 0.647. The van der Waals surface area contributed by atoms with E-state index in [1.807, 2.05) is 0 Å². The van der Waals surface area contributed by atoms with Crippen molar-refractivity contribution in [3.8, 4) is 0 Å². The minimum Gasteiger partial charge on any atom is -0.324 e. The first-order valence-corrected chi connectivity index (χ1v) is 7.89. The molecule has 0 spiro atoms. The van der Waals surface area contributed by atoms with E-state index in [-0.39, 0.29) is 6.04 Å². The molecule has 2 aromatic carbocycles. The standard InChI is InChI=1S/C20H27N/c1-14(2)18-10-7-17(8-11-18)9-12-20(21)19-13-15(3)5-6-16(19)4/h5-8,10-11,13-14,20H,9,12,21H2,1-4H3. The second-order valence-electron chi connectivity index (χ2n) is 6.40. The summed E-state index contributed by atoms with van der Waals surface area (Å²) in [5.74, 6) is 0.594. The van der Waals surface area contributed by atoms with Gasteiger partial charge >= 0.3 is 0 Å². The first-order chi connectivity index (χ1) is 9.97. The summed E-state index contributed by atoms with van der Waals surface area (Å²) in [5.41, 5.74) is 13.0. The van der Waals surface area contributed by atoms with E-state index >= 15 is 0 Å². The van der Waals surface area contributed by atoms with Gasteiger partial charge in [-0.25, -0.2) is 0 Å². The van der Waals surface area contributed by atoms with Crippen LogP contribution in [0.3, 0.4) is 0 Å². The number of benzene rings is 2. The Hall–Kier alpha value is -1.60. The van der Waals surface area contributed by atoms with Crippen molar-refractivity contribution in [3.63, 3.8) is 0 Å². The SMILES string of the molecule is Cc1ccc(C)c(C(N)CCc2ccc(C(C)C)cc2)c1. The van der Waals surface area contributed by atoms with Crippen LogP contribution in [0.5, 0.6) is 0 Å². The number of nitrogens with two attached hydrogens (primary N) is 1. The maximum absolute atomic E-state index is 6.39. The van der Waals surface area contributed by atoms with E-state index in [0.29, 0.717) is 5.92 Å². The van der Waals surface area contributed by atoms with Gasteiger partial charge in [-0.15, -0.1) is 0 Å². The lowest BCUT2D eigenvalue weighted by Gasteiger charge is -2.16. The van der Waals surface area contributed by atoms with Crippen LogP contribution < -0.4 is 5.73 Å². The summed E-state index contributed by atoms with van der Waals surface area (Å²) >= 11 is 0. The molecule has 1 unspecified atom stereocenters. The Morgan fingerprint density at radius 1 is 0.952 bits per heavy atom. The Balaban J connectivity index is 2.00. The van der Waals surface area contributed by atoms with Gasteiger partial charge in [0.15, 0.2) is 0 Å². The zero-order chi connectivity index (χ0) is 15.4. The molecule has 0 saturated heterocycles. The predicted molar refractivity (Wildman–Crippen MR) is 91.7 cm³/mol. The summed E-state index contributed by atoms with van der Waals surface area (Å²) in [7, 11) is 0. The molecule has 2 aromatic rings. The summed E-state index contributed by atoms with van der Waals surface area (Å²) < 4.78 is 0. The summed E-state index contributed by atoms with van der Waals surface area (Å²) in [4.78, 5) is 0. The molecule has 0 fully saturated rings. The van der Waals surface area contributed by atoms with Gasteiger partial charge in [0.2, 0.25) is 0 Å². The minimum absolute atomic E-state index is 0.120. The van der Waals surface area contributed by atoms with Gasteiger partial charge in [-0.05, 0) is 54.9 Å². The first-order valence-electron chi connectivity index (χ1n) is 7.89. The normalized spacial score (nSPS) is 12.7. The van der Waals surface area contributed by atoms with E-state index in [1.54, 1.807) is 0 Å². The molecule has 0 aliphatic rings. The molecule has 2 rings (SSSR count). The van der Waals surface area contributed by atoms with Gasteiger partial charge < -0.3 is 5.73 Å². The van der Waals surface area contributed by atoms with Gasteiger partial charge in [-0.1, -0.05) is 61.9 Å². The summed E-state index contributed by atoms with van der Waals surface area (Å²) in [6.45, 7) is 8.73. The summed E-state index contributed by atoms with van der Waals surface area (Å²) in [6.07, 6.45) is 2.03. The smallest absolute Gasteiger partial charge is 0.0300 e. The van der Waals surface area contributed by atoms with Crippen molar-refractivity contribution in [2.45, 2.75) is 52.5 Å². The van der Waals surface area contributed by atoms with Crippen molar-refractivity contribution in [2.75, 3.05) is 0 Å². The van der Waals surface area contributed by atoms with Gasteiger partial charge in [0.05, 0.1) is 0 Å². The highest BCUT2D eigenvalue weighted by Gasteiger charge is 2.09. The monoisotopic (exact) mass is 281 g/mol. The molecule has 0 amide bonds. The molecule has 1 heteroatoms. The lowest BCUT2D eigenvalue weighted by Crippen LogP contribution is -2.13. The largest absolute Gasteiger partial charge is 0.324 e. The summed E-state index contributed by atoms with van der Waals surface area (Å²) in [6, 6.07) is 15.6. The number of hydrogen-bond acceptors (Lipinski definition) is 1. The molecular formula is C20H27N. The van der Waals surface area contributed by atoms with Gasteiger partial charge in [0.25, 0.3) is 0 Å². The zero-order valence-electron chi connectivity index (χ0n) is 13.7. The van der Waals surface area contributed by atoms with Crippen molar-refractivity contribution in [2.24, 2.45) is 5.73 Å². The van der Waals surface area contributed by atoms with Crippen LogP contribution in [0, 0.1) is 13.8 Å². The van der Waals surface area contributed by atoms with Crippen LogP contribution in [0.15, 0.2) is 42.5 Å². The lowest BCUT2D eigenvalue weighted by atomic mass is 9.94. The second-order valence-corrected chi connectivity index (χ2v) is 6.40. The highest BCUT2D eigenvalue weighted by atomic mass is 14.6. The fourth-order valence-corrected chi connectivity index (χ4v) is 2.71. The Labute approximate surface area is 129 Å². The van der Waals surface area contributed by atoms with E-state index in [0.717, 1.165) is 12.8 Å². The van der Waals surface area contributed by atoms with Crippen LogP contribution >= 0.6 is 0 Å². The molecule has 0 heterocycles. The highest BCUT2D eigenvalue weighted by Crippen LogP contribution is 2.22. The van der Waals surface area contributed by atoms with Crippen LogP contribution in [-0.2, 0) is 6.42 Å². The molecule has 2 N–H and O–H groups in total. The zero-order valence-corrected chi connectivity index (χ0v) is 13.7. The molecule has 112 valence electrons. The van der Waals surface area contributed by atoms with E-state index in [2.05, 4.69) is 70.2 Å². The molecule has 0 saturated carbocycles. The molecule has 0 aromatic heterocycles. The number of aryl methyl sites for hydroxylation is 3. The summed E-state index contributed by atoms with van der Waals surface area (Å²) in [5, 5.41) is 0. The highest BCUT2D eigenvalue weighted by molar-refractivity contribution is 5.33. The molecule has 21 heavy (non-hydrogen) atoms. The van der Waals surface area contributed by atoms with Gasteiger partial charge in [-0.3, -0.25) is 0 Å². The Morgan fingerprint density at radius 2 is 1.62 bits per heavy atom. The predicted octanol–water partition coefficient (Wildman–Crippen LogP) is 5.06. The van der Waals surface area contributed by atoms with Crippen molar-refractivity contribution in [1.29, 1.82) is 0 Å². The van der Waals surface area contributed by atoms with Gasteiger partial charge in [-0.2, -0.15) is 0 Å². The van der Waals surface area contributed by atoms with E-state index in [9.17, 15) is 0 Å². The third-order valence-electron chi connectivity index (χ3n) is 4.22. The quantitative estimate of drug-likeness (QED) is 0.814. The van der Waals surface area contributed by atoms with E-state index in [1.165, 1.54) is 27.8 Å². The fourth-order valence-electron chi connectivity index (χ4n) is 2.71. The van der Waals surface area contributed by atoms with Crippen molar-refractivity contribution >= 4 is 0 Å². The third-order valence-corrected chi connectivity index (χ3v) is 4.22. The molecule has 1 atom stereocenters. The molecule has 0 aliphatic heterocycles. The average molecular weight is 281 g/mol. The molecule has 0 bridgehead atoms. The van der Waals surface area contributed by atoms with Gasteiger partial charge in [0.1, 0.15) is 0 Å². The Kier molecular flexibility index (Phi) is 5.19. The molecule has 0 radical (unpaired) electrons. The van der Waals surface area contributed by atoms with Crippen LogP contribution in [0.1, 0.15) is 60.0 Å². The van der Waals surface area contributed by atoms with E-state index in [4.69, 9.17) is 5.73 Å². The first kappa shape index (κ1) is 15.8. The average Bonchev–Trinajstić information content (AvgIpc) is 2.47. The molecule has 0 aliphatic carbocycles. The van der Waals surface area contributed by atoms with E-state index < -0.39 is 0 Å². The molecular weight excluding hydrogens is 254 g/mol. The fraction of sp³-hybridized carbons (Fsp3) is 0.400. The number of rotatable bonds is 5. The minimum atomic E-state index is 0.120. The van der Waals surface area contributed by atoms with Crippen LogP contribution in [-0.4, -0.2) is 0 Å². The number of hydrogen-bond donors (Lipinski definition) is 1. The maximum atomic E-state index is 6.39. The topological polar surface area (TPSA) is 26.0 Å². The third kappa shape index (κ3) is 4.18. The van der Waals surface area contributed by atoms with Crippen molar-refractivity contribution < 1.29 is 0 Å². The van der Waals surface area contributed by atoms with Crippen molar-refractivity contribution in [1.82, 2.24) is 0 Å². The molecule has 1 nitrogen and oxygen atoms in total. The van der Waals surface area contributed by atoms with Crippen molar-refractivity contribution in [3.05, 3.63) is 70.3 Å². The van der Waals surface area contributed by atoms with Crippen LogP contribution in [0.2, 0.25) is 0 Å². The van der Waals surface area contributed by atoms with Crippen LogP contribution in [0.25, 0.3) is 0 Å². The maximum Gasteiger partial charge on any atom is 0.0300 e. The van der Waals surface area contributed by atoms with Gasteiger partial charge in [0, 0.05) is 6.04 Å². The Morgan fingerprint density at radius 3 is 2.24 bits per heavy atom.